The van der Waals surface area contributed by atoms with Crippen molar-refractivity contribution < 1.29 is 13.2 Å². The van der Waals surface area contributed by atoms with Crippen molar-refractivity contribution in [3.05, 3.63) is 51.0 Å². The molecule has 2 aromatic rings. The second-order valence-electron chi connectivity index (χ2n) is 4.18. The SMILES string of the molecule is Cc1ccccc1Cc1nc(C(F)(F)F)c(CN)s1. The first-order valence-electron chi connectivity index (χ1n) is 5.72. The third kappa shape index (κ3) is 3.13. The highest BCUT2D eigenvalue weighted by atomic mass is 32.1. The lowest BCUT2D eigenvalue weighted by Crippen LogP contribution is -2.10. The lowest BCUT2D eigenvalue weighted by molar-refractivity contribution is -0.141. The maximum atomic E-state index is 12.8. The molecule has 0 aliphatic rings. The Kier molecular flexibility index (Phi) is 3.91. The summed E-state index contributed by atoms with van der Waals surface area (Å²) in [4.78, 5) is 3.80. The number of hydrogen-bond donors (Lipinski definition) is 1. The number of benzene rings is 1. The molecule has 2 N–H and O–H groups in total. The molecule has 2 nitrogen and oxygen atoms in total. The van der Waals surface area contributed by atoms with Crippen LogP contribution < -0.4 is 5.73 Å². The molecule has 1 heterocycles. The van der Waals surface area contributed by atoms with E-state index < -0.39 is 11.9 Å². The van der Waals surface area contributed by atoms with E-state index >= 15 is 0 Å². The average Bonchev–Trinajstić information content (AvgIpc) is 2.75. The Hall–Kier alpha value is -1.40. The molecule has 0 atom stereocenters. The second kappa shape index (κ2) is 5.30. The summed E-state index contributed by atoms with van der Waals surface area (Å²) >= 11 is 1.03. The van der Waals surface area contributed by atoms with Gasteiger partial charge in [-0.05, 0) is 18.1 Å². The van der Waals surface area contributed by atoms with Crippen molar-refractivity contribution in [1.29, 1.82) is 0 Å². The summed E-state index contributed by atoms with van der Waals surface area (Å²) in [5.41, 5.74) is 6.53. The molecule has 0 fully saturated rings. The van der Waals surface area contributed by atoms with Crippen LogP contribution in [0.3, 0.4) is 0 Å². The van der Waals surface area contributed by atoms with Crippen molar-refractivity contribution in [2.45, 2.75) is 26.1 Å². The average molecular weight is 286 g/mol. The molecule has 0 saturated heterocycles. The predicted octanol–water partition coefficient (Wildman–Crippen LogP) is 3.52. The Morgan fingerprint density at radius 3 is 2.47 bits per heavy atom. The fourth-order valence-corrected chi connectivity index (χ4v) is 2.80. The van der Waals surface area contributed by atoms with Crippen LogP contribution in [0.2, 0.25) is 0 Å². The van der Waals surface area contributed by atoms with Crippen LogP contribution in [0.4, 0.5) is 13.2 Å². The van der Waals surface area contributed by atoms with E-state index in [0.29, 0.717) is 11.4 Å². The summed E-state index contributed by atoms with van der Waals surface area (Å²) in [6.45, 7) is 1.79. The zero-order valence-electron chi connectivity index (χ0n) is 10.3. The maximum Gasteiger partial charge on any atom is 0.434 e. The number of aromatic nitrogens is 1. The van der Waals surface area contributed by atoms with E-state index in [1.807, 2.05) is 31.2 Å². The van der Waals surface area contributed by atoms with Gasteiger partial charge in [0.15, 0.2) is 5.69 Å². The highest BCUT2D eigenvalue weighted by molar-refractivity contribution is 7.11. The highest BCUT2D eigenvalue weighted by Crippen LogP contribution is 2.34. The number of nitrogens with two attached hydrogens (primary N) is 1. The van der Waals surface area contributed by atoms with Gasteiger partial charge in [-0.1, -0.05) is 24.3 Å². The molecular formula is C13H13F3N2S. The first-order chi connectivity index (χ1) is 8.91. The van der Waals surface area contributed by atoms with Crippen molar-refractivity contribution >= 4 is 11.3 Å². The summed E-state index contributed by atoms with van der Waals surface area (Å²) < 4.78 is 38.3. The lowest BCUT2D eigenvalue weighted by Gasteiger charge is -2.04. The van der Waals surface area contributed by atoms with Crippen LogP contribution in [0.5, 0.6) is 0 Å². The lowest BCUT2D eigenvalue weighted by atomic mass is 10.1. The topological polar surface area (TPSA) is 38.9 Å². The summed E-state index contributed by atoms with van der Waals surface area (Å²) in [7, 11) is 0. The Morgan fingerprint density at radius 1 is 1.26 bits per heavy atom. The number of rotatable bonds is 3. The number of alkyl halides is 3. The number of hydrogen-bond acceptors (Lipinski definition) is 3. The van der Waals surface area contributed by atoms with Crippen molar-refractivity contribution in [2.75, 3.05) is 0 Å². The van der Waals surface area contributed by atoms with Crippen LogP contribution in [0, 0.1) is 6.92 Å². The van der Waals surface area contributed by atoms with Crippen molar-refractivity contribution in [1.82, 2.24) is 4.98 Å². The van der Waals surface area contributed by atoms with Crippen molar-refractivity contribution in [3.63, 3.8) is 0 Å². The summed E-state index contributed by atoms with van der Waals surface area (Å²) in [5, 5.41) is 0.446. The molecule has 0 spiro atoms. The van der Waals surface area contributed by atoms with E-state index in [1.165, 1.54) is 0 Å². The number of halogens is 3. The molecule has 0 saturated carbocycles. The molecule has 2 rings (SSSR count). The highest BCUT2D eigenvalue weighted by Gasteiger charge is 2.36. The van der Waals surface area contributed by atoms with Crippen molar-refractivity contribution in [3.8, 4) is 0 Å². The van der Waals surface area contributed by atoms with Gasteiger partial charge >= 0.3 is 6.18 Å². The van der Waals surface area contributed by atoms with Gasteiger partial charge in [-0.15, -0.1) is 11.3 Å². The van der Waals surface area contributed by atoms with Gasteiger partial charge in [-0.2, -0.15) is 13.2 Å². The van der Waals surface area contributed by atoms with Gasteiger partial charge in [0, 0.05) is 13.0 Å². The van der Waals surface area contributed by atoms with Crippen LogP contribution in [0.1, 0.15) is 26.7 Å². The maximum absolute atomic E-state index is 12.8. The number of thiazole rings is 1. The van der Waals surface area contributed by atoms with Crippen LogP contribution >= 0.6 is 11.3 Å². The Balaban J connectivity index is 2.32. The minimum Gasteiger partial charge on any atom is -0.326 e. The van der Waals surface area contributed by atoms with E-state index in [-0.39, 0.29) is 11.4 Å². The largest absolute Gasteiger partial charge is 0.434 e. The second-order valence-corrected chi connectivity index (χ2v) is 5.35. The van der Waals surface area contributed by atoms with Gasteiger partial charge in [0.25, 0.3) is 0 Å². The summed E-state index contributed by atoms with van der Waals surface area (Å²) in [6.07, 6.45) is -4.03. The molecule has 6 heteroatoms. The first-order valence-corrected chi connectivity index (χ1v) is 6.54. The predicted molar refractivity (Wildman–Crippen MR) is 69.0 cm³/mol. The van der Waals surface area contributed by atoms with Gasteiger partial charge in [0.05, 0.1) is 9.88 Å². The quantitative estimate of drug-likeness (QED) is 0.937. The van der Waals surface area contributed by atoms with Gasteiger partial charge in [-0.25, -0.2) is 4.98 Å². The Labute approximate surface area is 113 Å². The molecule has 0 radical (unpaired) electrons. The van der Waals surface area contributed by atoms with E-state index in [9.17, 15) is 13.2 Å². The summed E-state index contributed by atoms with van der Waals surface area (Å²) in [6, 6.07) is 7.58. The van der Waals surface area contributed by atoms with E-state index in [2.05, 4.69) is 4.98 Å². The van der Waals surface area contributed by atoms with E-state index in [1.54, 1.807) is 0 Å². The van der Waals surface area contributed by atoms with Crippen molar-refractivity contribution in [2.24, 2.45) is 5.73 Å². The zero-order chi connectivity index (χ0) is 14.0. The normalized spacial score (nSPS) is 11.8. The minimum absolute atomic E-state index is 0.0936. The smallest absolute Gasteiger partial charge is 0.326 e. The van der Waals surface area contributed by atoms with Crippen LogP contribution in [-0.4, -0.2) is 4.98 Å². The molecule has 0 aliphatic heterocycles. The fraction of sp³-hybridized carbons (Fsp3) is 0.308. The van der Waals surface area contributed by atoms with Crippen LogP contribution in [0.15, 0.2) is 24.3 Å². The fourth-order valence-electron chi connectivity index (χ4n) is 1.81. The molecule has 0 bridgehead atoms. The molecule has 19 heavy (non-hydrogen) atoms. The Morgan fingerprint density at radius 2 is 1.95 bits per heavy atom. The van der Waals surface area contributed by atoms with Gasteiger partial charge < -0.3 is 5.73 Å². The third-order valence-electron chi connectivity index (χ3n) is 2.80. The molecule has 1 aromatic heterocycles. The van der Waals surface area contributed by atoms with Crippen LogP contribution in [0.25, 0.3) is 0 Å². The molecule has 0 amide bonds. The molecule has 0 aliphatic carbocycles. The zero-order valence-corrected chi connectivity index (χ0v) is 11.1. The Bertz CT molecular complexity index is 576. The number of aryl methyl sites for hydroxylation is 1. The van der Waals surface area contributed by atoms with Gasteiger partial charge in [0.2, 0.25) is 0 Å². The number of nitrogens with zero attached hydrogens (tertiary/aromatic N) is 1. The third-order valence-corrected chi connectivity index (χ3v) is 3.88. The monoisotopic (exact) mass is 286 g/mol. The molecule has 1 aromatic carbocycles. The van der Waals surface area contributed by atoms with E-state index in [0.717, 1.165) is 22.5 Å². The molecule has 0 unspecified atom stereocenters. The van der Waals surface area contributed by atoms with E-state index in [4.69, 9.17) is 5.73 Å². The minimum atomic E-state index is -4.44. The van der Waals surface area contributed by atoms with Gasteiger partial charge in [0.1, 0.15) is 0 Å². The van der Waals surface area contributed by atoms with Gasteiger partial charge in [-0.3, -0.25) is 0 Å². The first kappa shape index (κ1) is 14.0. The summed E-state index contributed by atoms with van der Waals surface area (Å²) in [5.74, 6) is 0. The standard InChI is InChI=1S/C13H13F3N2S/c1-8-4-2-3-5-9(8)6-11-18-12(13(14,15)16)10(7-17)19-11/h2-5H,6-7,17H2,1H3. The molecule has 102 valence electrons. The molecular weight excluding hydrogens is 273 g/mol. The van der Waals surface area contributed by atoms with Crippen LogP contribution in [-0.2, 0) is 19.1 Å².